The van der Waals surface area contributed by atoms with Gasteiger partial charge in [0.2, 0.25) is 5.16 Å². The molecule has 0 aliphatic rings. The number of carbonyl (C=O) groups is 1. The largest absolute Gasteiger partial charge is 0.360 e. The quantitative estimate of drug-likeness (QED) is 0.735. The normalized spacial score (nSPS) is 12.7. The van der Waals surface area contributed by atoms with E-state index >= 15 is 0 Å². The molecule has 0 spiro atoms. The summed E-state index contributed by atoms with van der Waals surface area (Å²) in [6.45, 7) is 0.0732. The van der Waals surface area contributed by atoms with E-state index in [0.717, 1.165) is 10.9 Å². The molecule has 3 rings (SSSR count). The highest BCUT2D eigenvalue weighted by Crippen LogP contribution is 2.18. The van der Waals surface area contributed by atoms with Crippen molar-refractivity contribution in [3.63, 3.8) is 0 Å². The maximum atomic E-state index is 12.4. The van der Waals surface area contributed by atoms with E-state index in [-0.39, 0.29) is 12.3 Å². The monoisotopic (exact) mass is 288 g/mol. The van der Waals surface area contributed by atoms with Crippen molar-refractivity contribution in [3.05, 3.63) is 42.4 Å². The van der Waals surface area contributed by atoms with E-state index in [1.54, 1.807) is 6.20 Å². The number of aromatic nitrogens is 4. The molecule has 0 aliphatic heterocycles. The molecule has 0 saturated carbocycles. The fourth-order valence-electron chi connectivity index (χ4n) is 2.12. The van der Waals surface area contributed by atoms with Gasteiger partial charge in [-0.2, -0.15) is 0 Å². The summed E-state index contributed by atoms with van der Waals surface area (Å²) in [7, 11) is -1.27. The summed E-state index contributed by atoms with van der Waals surface area (Å²) in [5.41, 5.74) is 1.53. The number of aromatic amines is 1. The molecule has 20 heavy (non-hydrogen) atoms. The molecule has 1 unspecified atom stereocenters. The van der Waals surface area contributed by atoms with Crippen LogP contribution in [-0.2, 0) is 17.3 Å². The van der Waals surface area contributed by atoms with Crippen LogP contribution in [-0.4, -0.2) is 36.0 Å². The van der Waals surface area contributed by atoms with Crippen LogP contribution < -0.4 is 0 Å². The lowest BCUT2D eigenvalue weighted by Crippen LogP contribution is -2.12. The molecule has 102 valence electrons. The summed E-state index contributed by atoms with van der Waals surface area (Å²) in [5, 5.41) is 8.65. The third-order valence-electron chi connectivity index (χ3n) is 3.04. The number of rotatable bonds is 4. The van der Waals surface area contributed by atoms with Gasteiger partial charge in [0.05, 0.1) is 17.3 Å². The second-order valence-electron chi connectivity index (χ2n) is 4.37. The van der Waals surface area contributed by atoms with Gasteiger partial charge in [-0.25, -0.2) is 0 Å². The Morgan fingerprint density at radius 3 is 3.00 bits per heavy atom. The van der Waals surface area contributed by atoms with Crippen LogP contribution in [0.4, 0.5) is 0 Å². The summed E-state index contributed by atoms with van der Waals surface area (Å²) >= 11 is 0. The van der Waals surface area contributed by atoms with Crippen LogP contribution in [0.5, 0.6) is 0 Å². The predicted octanol–water partition coefficient (Wildman–Crippen LogP) is 1.38. The molecule has 2 heterocycles. The molecular formula is C13H12N4O2S. The minimum absolute atomic E-state index is 0.0732. The molecule has 0 radical (unpaired) electrons. The van der Waals surface area contributed by atoms with Crippen molar-refractivity contribution < 1.29 is 9.00 Å². The summed E-state index contributed by atoms with van der Waals surface area (Å²) in [6, 6.07) is 7.60. The standard InChI is InChI=1S/C13H12N4O2S/c1-20(19)13-16-15-8-17(13)7-12(18)10-6-14-11-5-3-2-4-9(10)11/h2-6,8,14H,7H2,1H3. The van der Waals surface area contributed by atoms with E-state index in [0.29, 0.717) is 10.7 Å². The number of benzene rings is 1. The molecule has 0 bridgehead atoms. The van der Waals surface area contributed by atoms with Crippen LogP contribution >= 0.6 is 0 Å². The van der Waals surface area contributed by atoms with Crippen LogP contribution in [0.3, 0.4) is 0 Å². The van der Waals surface area contributed by atoms with Gasteiger partial charge >= 0.3 is 0 Å². The van der Waals surface area contributed by atoms with Crippen molar-refractivity contribution in [3.8, 4) is 0 Å². The highest BCUT2D eigenvalue weighted by atomic mass is 32.2. The van der Waals surface area contributed by atoms with E-state index < -0.39 is 10.8 Å². The number of carbonyl (C=O) groups excluding carboxylic acids is 1. The Morgan fingerprint density at radius 1 is 1.40 bits per heavy atom. The van der Waals surface area contributed by atoms with Gasteiger partial charge < -0.3 is 4.98 Å². The van der Waals surface area contributed by atoms with Crippen molar-refractivity contribution in [2.45, 2.75) is 11.7 Å². The first-order chi connectivity index (χ1) is 9.66. The molecule has 0 saturated heterocycles. The predicted molar refractivity (Wildman–Crippen MR) is 75.0 cm³/mol. The van der Waals surface area contributed by atoms with Crippen molar-refractivity contribution in [2.24, 2.45) is 0 Å². The molecule has 0 amide bonds. The number of hydrogen-bond acceptors (Lipinski definition) is 4. The lowest BCUT2D eigenvalue weighted by Gasteiger charge is -2.03. The van der Waals surface area contributed by atoms with Gasteiger partial charge in [-0.05, 0) is 6.07 Å². The first-order valence-corrected chi connectivity index (χ1v) is 7.53. The Labute approximate surface area is 117 Å². The molecule has 6 nitrogen and oxygen atoms in total. The molecule has 3 aromatic rings. The second kappa shape index (κ2) is 5.01. The van der Waals surface area contributed by atoms with E-state index in [9.17, 15) is 9.00 Å². The molecule has 1 N–H and O–H groups in total. The summed E-state index contributed by atoms with van der Waals surface area (Å²) in [6.07, 6.45) is 4.63. The van der Waals surface area contributed by atoms with E-state index in [1.807, 2.05) is 24.3 Å². The SMILES string of the molecule is CS(=O)c1nncn1CC(=O)c1c[nH]c2ccccc12. The number of hydrogen-bond donors (Lipinski definition) is 1. The number of fused-ring (bicyclic) bond motifs is 1. The molecular weight excluding hydrogens is 276 g/mol. The van der Waals surface area contributed by atoms with E-state index in [4.69, 9.17) is 0 Å². The maximum absolute atomic E-state index is 12.4. The Bertz CT molecular complexity index is 805. The highest BCUT2D eigenvalue weighted by molar-refractivity contribution is 7.84. The summed E-state index contributed by atoms with van der Waals surface area (Å²) < 4.78 is 13.0. The molecule has 0 aliphatic carbocycles. The van der Waals surface area contributed by atoms with Crippen LogP contribution in [0.2, 0.25) is 0 Å². The minimum atomic E-state index is -1.27. The number of nitrogens with zero attached hydrogens (tertiary/aromatic N) is 3. The van der Waals surface area contributed by atoms with Crippen LogP contribution in [0, 0.1) is 0 Å². The highest BCUT2D eigenvalue weighted by Gasteiger charge is 2.15. The fourth-order valence-corrected chi connectivity index (χ4v) is 2.72. The zero-order valence-electron chi connectivity index (χ0n) is 10.7. The van der Waals surface area contributed by atoms with E-state index in [2.05, 4.69) is 15.2 Å². The Balaban J connectivity index is 1.93. The molecule has 1 aromatic carbocycles. The third-order valence-corrected chi connectivity index (χ3v) is 3.87. The van der Waals surface area contributed by atoms with Crippen molar-refractivity contribution >= 4 is 27.5 Å². The lowest BCUT2D eigenvalue weighted by atomic mass is 10.1. The van der Waals surface area contributed by atoms with E-state index in [1.165, 1.54) is 17.2 Å². The van der Waals surface area contributed by atoms with Crippen LogP contribution in [0.15, 0.2) is 41.9 Å². The molecule has 2 aromatic heterocycles. The molecule has 1 atom stereocenters. The number of para-hydroxylation sites is 1. The number of Topliss-reactive ketones (excluding diaryl/α,β-unsaturated/α-hetero) is 1. The van der Waals surface area contributed by atoms with Gasteiger partial charge in [-0.15, -0.1) is 10.2 Å². The zero-order chi connectivity index (χ0) is 14.1. The lowest BCUT2D eigenvalue weighted by molar-refractivity contribution is 0.0970. The average Bonchev–Trinajstić information content (AvgIpc) is 3.04. The molecule has 7 heteroatoms. The second-order valence-corrected chi connectivity index (χ2v) is 5.64. The van der Waals surface area contributed by atoms with Crippen LogP contribution in [0.1, 0.15) is 10.4 Å². The summed E-state index contributed by atoms with van der Waals surface area (Å²) in [5.74, 6) is -0.0750. The topological polar surface area (TPSA) is 80.6 Å². The number of nitrogens with one attached hydrogen (secondary N) is 1. The van der Waals surface area contributed by atoms with Gasteiger partial charge in [0.1, 0.15) is 6.33 Å². The maximum Gasteiger partial charge on any atom is 0.221 e. The minimum Gasteiger partial charge on any atom is -0.360 e. The average molecular weight is 288 g/mol. The van der Waals surface area contributed by atoms with Gasteiger partial charge in [-0.3, -0.25) is 13.6 Å². The van der Waals surface area contributed by atoms with Gasteiger partial charge in [0.25, 0.3) is 0 Å². The van der Waals surface area contributed by atoms with Gasteiger partial charge in [0, 0.05) is 28.9 Å². The van der Waals surface area contributed by atoms with Gasteiger partial charge in [0.15, 0.2) is 5.78 Å². The third kappa shape index (κ3) is 2.16. The number of ketones is 1. The fraction of sp³-hybridized carbons (Fsp3) is 0.154. The zero-order valence-corrected chi connectivity index (χ0v) is 11.6. The Morgan fingerprint density at radius 2 is 2.20 bits per heavy atom. The van der Waals surface area contributed by atoms with Crippen molar-refractivity contribution in [1.29, 1.82) is 0 Å². The first kappa shape index (κ1) is 12.7. The van der Waals surface area contributed by atoms with Crippen LogP contribution in [0.25, 0.3) is 10.9 Å². The summed E-state index contributed by atoms with van der Waals surface area (Å²) in [4.78, 5) is 15.4. The van der Waals surface area contributed by atoms with Gasteiger partial charge in [-0.1, -0.05) is 18.2 Å². The number of H-pyrrole nitrogens is 1. The Kier molecular flexibility index (Phi) is 3.19. The smallest absolute Gasteiger partial charge is 0.221 e. The Hall–Kier alpha value is -2.28. The van der Waals surface area contributed by atoms with Crippen molar-refractivity contribution in [1.82, 2.24) is 19.7 Å². The molecule has 0 fully saturated rings. The first-order valence-electron chi connectivity index (χ1n) is 5.97. The van der Waals surface area contributed by atoms with Crippen molar-refractivity contribution in [2.75, 3.05) is 6.26 Å².